The van der Waals surface area contributed by atoms with Gasteiger partial charge in [0.2, 0.25) is 0 Å². The number of carbonyl (C=O) groups excluding carboxylic acids is 1. The first-order valence-corrected chi connectivity index (χ1v) is 10.5. The topological polar surface area (TPSA) is 59.6 Å². The van der Waals surface area contributed by atoms with E-state index >= 15 is 0 Å². The molecule has 0 atom stereocenters. The minimum absolute atomic E-state index is 0.0953. The maximum atomic E-state index is 13.2. The average Bonchev–Trinajstić information content (AvgIpc) is 3.33. The predicted octanol–water partition coefficient (Wildman–Crippen LogP) is 5.12. The molecular formula is C23H24N2O3S. The monoisotopic (exact) mass is 408 g/mol. The SMILES string of the molecule is COc1cccc(CNc2sc3c(c2C(=O)Nc2ccccc2OC)CCC3)c1. The average molecular weight is 409 g/mol. The maximum Gasteiger partial charge on any atom is 0.259 e. The van der Waals surface area contributed by atoms with Crippen LogP contribution in [0, 0.1) is 0 Å². The number of fused-ring (bicyclic) bond motifs is 1. The van der Waals surface area contributed by atoms with Crippen LogP contribution in [0.1, 0.15) is 32.8 Å². The third-order valence-electron chi connectivity index (χ3n) is 5.09. The van der Waals surface area contributed by atoms with E-state index in [1.807, 2.05) is 48.5 Å². The predicted molar refractivity (Wildman–Crippen MR) is 118 cm³/mol. The van der Waals surface area contributed by atoms with Crippen LogP contribution >= 0.6 is 11.3 Å². The smallest absolute Gasteiger partial charge is 0.259 e. The number of nitrogens with one attached hydrogen (secondary N) is 2. The number of benzene rings is 2. The van der Waals surface area contributed by atoms with Gasteiger partial charge in [0.15, 0.2) is 0 Å². The summed E-state index contributed by atoms with van der Waals surface area (Å²) in [5.41, 5.74) is 3.72. The van der Waals surface area contributed by atoms with E-state index < -0.39 is 0 Å². The summed E-state index contributed by atoms with van der Waals surface area (Å²) in [7, 11) is 3.27. The van der Waals surface area contributed by atoms with Crippen molar-refractivity contribution in [1.82, 2.24) is 0 Å². The zero-order chi connectivity index (χ0) is 20.2. The molecule has 0 radical (unpaired) electrons. The summed E-state index contributed by atoms with van der Waals surface area (Å²) >= 11 is 1.69. The fraction of sp³-hybridized carbons (Fsp3) is 0.261. The molecular weight excluding hydrogens is 384 g/mol. The lowest BCUT2D eigenvalue weighted by Crippen LogP contribution is -2.15. The molecule has 0 unspecified atom stereocenters. The van der Waals surface area contributed by atoms with E-state index in [4.69, 9.17) is 9.47 Å². The first-order chi connectivity index (χ1) is 14.2. The highest BCUT2D eigenvalue weighted by molar-refractivity contribution is 7.16. The van der Waals surface area contributed by atoms with E-state index in [1.165, 1.54) is 10.4 Å². The minimum atomic E-state index is -0.0953. The van der Waals surface area contributed by atoms with Gasteiger partial charge in [-0.3, -0.25) is 4.79 Å². The molecule has 4 rings (SSSR count). The lowest BCUT2D eigenvalue weighted by Gasteiger charge is -2.12. The number of amides is 1. The van der Waals surface area contributed by atoms with Crippen molar-refractivity contribution >= 4 is 27.9 Å². The highest BCUT2D eigenvalue weighted by Gasteiger charge is 2.27. The van der Waals surface area contributed by atoms with Crippen molar-refractivity contribution in [3.8, 4) is 11.5 Å². The molecule has 1 aromatic heterocycles. The number of para-hydroxylation sites is 2. The quantitative estimate of drug-likeness (QED) is 0.570. The zero-order valence-corrected chi connectivity index (χ0v) is 17.4. The Labute approximate surface area is 174 Å². The Morgan fingerprint density at radius 1 is 1.07 bits per heavy atom. The summed E-state index contributed by atoms with van der Waals surface area (Å²) in [6.07, 6.45) is 3.09. The lowest BCUT2D eigenvalue weighted by atomic mass is 10.1. The summed E-state index contributed by atoms with van der Waals surface area (Å²) in [4.78, 5) is 14.5. The van der Waals surface area contributed by atoms with E-state index in [1.54, 1.807) is 25.6 Å². The van der Waals surface area contributed by atoms with Crippen molar-refractivity contribution in [3.63, 3.8) is 0 Å². The Hall–Kier alpha value is -2.99. The molecule has 29 heavy (non-hydrogen) atoms. The van der Waals surface area contributed by atoms with Crippen LogP contribution in [0.25, 0.3) is 0 Å². The normalized spacial score (nSPS) is 12.3. The molecule has 6 heteroatoms. The van der Waals surface area contributed by atoms with Crippen LogP contribution in [0.2, 0.25) is 0 Å². The molecule has 0 aliphatic heterocycles. The van der Waals surface area contributed by atoms with Gasteiger partial charge in [0, 0.05) is 11.4 Å². The van der Waals surface area contributed by atoms with E-state index in [9.17, 15) is 4.79 Å². The molecule has 0 saturated carbocycles. The Balaban J connectivity index is 1.58. The van der Waals surface area contributed by atoms with E-state index in [0.29, 0.717) is 18.0 Å². The van der Waals surface area contributed by atoms with Crippen LogP contribution in [0.4, 0.5) is 10.7 Å². The van der Waals surface area contributed by atoms with Crippen LogP contribution in [-0.2, 0) is 19.4 Å². The Kier molecular flexibility index (Phi) is 5.71. The van der Waals surface area contributed by atoms with Crippen molar-refractivity contribution in [2.45, 2.75) is 25.8 Å². The number of ether oxygens (including phenoxy) is 2. The van der Waals surface area contributed by atoms with E-state index in [0.717, 1.165) is 41.1 Å². The van der Waals surface area contributed by atoms with Gasteiger partial charge in [-0.1, -0.05) is 24.3 Å². The fourth-order valence-corrected chi connectivity index (χ4v) is 4.95. The summed E-state index contributed by atoms with van der Waals surface area (Å²) in [5.74, 6) is 1.38. The third kappa shape index (κ3) is 4.07. The molecule has 150 valence electrons. The van der Waals surface area contributed by atoms with Crippen molar-refractivity contribution in [1.29, 1.82) is 0 Å². The number of aryl methyl sites for hydroxylation is 1. The largest absolute Gasteiger partial charge is 0.497 e. The number of hydrogen-bond donors (Lipinski definition) is 2. The molecule has 5 nitrogen and oxygen atoms in total. The molecule has 1 heterocycles. The first-order valence-electron chi connectivity index (χ1n) is 9.65. The molecule has 1 amide bonds. The number of carbonyl (C=O) groups is 1. The second-order valence-electron chi connectivity index (χ2n) is 6.92. The summed E-state index contributed by atoms with van der Waals surface area (Å²) < 4.78 is 10.7. The fourth-order valence-electron chi connectivity index (χ4n) is 3.67. The van der Waals surface area contributed by atoms with Crippen molar-refractivity contribution in [2.24, 2.45) is 0 Å². The highest BCUT2D eigenvalue weighted by Crippen LogP contribution is 2.40. The van der Waals surface area contributed by atoms with Crippen LogP contribution < -0.4 is 20.1 Å². The molecule has 0 spiro atoms. The highest BCUT2D eigenvalue weighted by atomic mass is 32.1. The number of methoxy groups -OCH3 is 2. The van der Waals surface area contributed by atoms with Crippen LogP contribution in [0.15, 0.2) is 48.5 Å². The zero-order valence-electron chi connectivity index (χ0n) is 16.6. The molecule has 2 N–H and O–H groups in total. The number of anilines is 2. The van der Waals surface area contributed by atoms with Crippen molar-refractivity contribution < 1.29 is 14.3 Å². The van der Waals surface area contributed by atoms with Gasteiger partial charge in [-0.15, -0.1) is 11.3 Å². The van der Waals surface area contributed by atoms with Gasteiger partial charge in [0.05, 0.1) is 25.5 Å². The number of rotatable bonds is 7. The summed E-state index contributed by atoms with van der Waals surface area (Å²) in [6, 6.07) is 15.4. The van der Waals surface area contributed by atoms with Gasteiger partial charge in [0.1, 0.15) is 16.5 Å². The summed E-state index contributed by atoms with van der Waals surface area (Å²) in [5, 5.41) is 7.43. The van der Waals surface area contributed by atoms with Gasteiger partial charge >= 0.3 is 0 Å². The standard InChI is InChI=1S/C23H24N2O3S/c1-27-16-8-5-7-15(13-16)14-24-23-21(17-9-6-12-20(17)29-23)22(26)25-18-10-3-4-11-19(18)28-2/h3-5,7-8,10-11,13,24H,6,9,12,14H2,1-2H3,(H,25,26). The molecule has 3 aromatic rings. The number of thiophene rings is 1. The van der Waals surface area contributed by atoms with Crippen molar-refractivity contribution in [2.75, 3.05) is 24.9 Å². The molecule has 0 bridgehead atoms. The van der Waals surface area contributed by atoms with Crippen LogP contribution in [0.5, 0.6) is 11.5 Å². The van der Waals surface area contributed by atoms with Gasteiger partial charge in [0.25, 0.3) is 5.91 Å². The summed E-state index contributed by atoms with van der Waals surface area (Å²) in [6.45, 7) is 0.630. The molecule has 2 aromatic carbocycles. The second-order valence-corrected chi connectivity index (χ2v) is 8.03. The van der Waals surface area contributed by atoms with Crippen LogP contribution in [0.3, 0.4) is 0 Å². The van der Waals surface area contributed by atoms with Crippen LogP contribution in [-0.4, -0.2) is 20.1 Å². The maximum absolute atomic E-state index is 13.2. The third-order valence-corrected chi connectivity index (χ3v) is 6.34. The van der Waals surface area contributed by atoms with E-state index in [2.05, 4.69) is 10.6 Å². The van der Waals surface area contributed by atoms with Gasteiger partial charge < -0.3 is 20.1 Å². The first kappa shape index (κ1) is 19.3. The second kappa shape index (κ2) is 8.57. The molecule has 0 saturated heterocycles. The van der Waals surface area contributed by atoms with Gasteiger partial charge in [-0.05, 0) is 54.7 Å². The number of hydrogen-bond acceptors (Lipinski definition) is 5. The Morgan fingerprint density at radius 2 is 1.93 bits per heavy atom. The van der Waals surface area contributed by atoms with E-state index in [-0.39, 0.29) is 5.91 Å². The molecule has 1 aliphatic rings. The van der Waals surface area contributed by atoms with Crippen molar-refractivity contribution in [3.05, 3.63) is 70.1 Å². The molecule has 1 aliphatic carbocycles. The lowest BCUT2D eigenvalue weighted by molar-refractivity contribution is 0.102. The van der Waals surface area contributed by atoms with Gasteiger partial charge in [-0.2, -0.15) is 0 Å². The molecule has 0 fully saturated rings. The minimum Gasteiger partial charge on any atom is -0.497 e. The Bertz CT molecular complexity index is 1030. The Morgan fingerprint density at radius 3 is 2.76 bits per heavy atom. The van der Waals surface area contributed by atoms with Gasteiger partial charge in [-0.25, -0.2) is 0 Å².